The number of nitrogens with one attached hydrogen (secondary N) is 2. The Morgan fingerprint density at radius 2 is 1.97 bits per heavy atom. The Balaban J connectivity index is 1.17. The summed E-state index contributed by atoms with van der Waals surface area (Å²) in [5.41, 5.74) is 1.56. The van der Waals surface area contributed by atoms with E-state index in [0.717, 1.165) is 37.1 Å². The van der Waals surface area contributed by atoms with E-state index < -0.39 is 5.60 Å². The Labute approximate surface area is 200 Å². The van der Waals surface area contributed by atoms with Gasteiger partial charge in [-0.05, 0) is 57.7 Å². The molecule has 0 atom stereocenters. The van der Waals surface area contributed by atoms with Crippen LogP contribution in [-0.2, 0) is 10.4 Å². The van der Waals surface area contributed by atoms with Crippen molar-refractivity contribution < 1.29 is 19.4 Å². The number of pyridine rings is 1. The number of hydrogen-bond donors (Lipinski definition) is 3. The highest BCUT2D eigenvalue weighted by Gasteiger charge is 2.40. The molecule has 2 aliphatic rings. The molecule has 0 spiro atoms. The van der Waals surface area contributed by atoms with Crippen LogP contribution in [0.4, 0.5) is 0 Å². The zero-order chi connectivity index (χ0) is 24.1. The normalized spacial score (nSPS) is 23.1. The summed E-state index contributed by atoms with van der Waals surface area (Å²) in [6, 6.07) is 11.5. The Morgan fingerprint density at radius 1 is 1.21 bits per heavy atom. The fourth-order valence-electron chi connectivity index (χ4n) is 4.85. The number of rotatable bonds is 8. The van der Waals surface area contributed by atoms with Gasteiger partial charge in [-0.15, -0.1) is 0 Å². The lowest BCUT2D eigenvalue weighted by Gasteiger charge is -2.48. The van der Waals surface area contributed by atoms with E-state index in [2.05, 4.69) is 20.5 Å². The van der Waals surface area contributed by atoms with E-state index in [0.29, 0.717) is 36.9 Å². The van der Waals surface area contributed by atoms with Crippen LogP contribution in [0.15, 0.2) is 42.6 Å². The van der Waals surface area contributed by atoms with Crippen molar-refractivity contribution in [3.8, 4) is 5.88 Å². The predicted molar refractivity (Wildman–Crippen MR) is 129 cm³/mol. The Bertz CT molecular complexity index is 996. The summed E-state index contributed by atoms with van der Waals surface area (Å²) in [4.78, 5) is 31.1. The molecule has 3 N–H and O–H groups in total. The molecule has 1 aliphatic heterocycles. The number of likely N-dealkylation sites (tertiary alicyclic amines) is 1. The fraction of sp³-hybridized carbons (Fsp3) is 0.500. The van der Waals surface area contributed by atoms with Crippen LogP contribution in [0.3, 0.4) is 0 Å². The van der Waals surface area contributed by atoms with E-state index in [1.54, 1.807) is 18.3 Å². The lowest BCUT2D eigenvalue weighted by Crippen LogP contribution is -2.63. The Morgan fingerprint density at radius 3 is 2.62 bits per heavy atom. The van der Waals surface area contributed by atoms with Crippen LogP contribution in [0.1, 0.15) is 54.1 Å². The number of aryl methyl sites for hydroxylation is 1. The largest absolute Gasteiger partial charge is 0.478 e. The van der Waals surface area contributed by atoms with Crippen molar-refractivity contribution in [1.29, 1.82) is 0 Å². The second-order valence-corrected chi connectivity index (χ2v) is 9.35. The molecule has 1 saturated heterocycles. The summed E-state index contributed by atoms with van der Waals surface area (Å²) < 4.78 is 5.39. The fourth-order valence-corrected chi connectivity index (χ4v) is 4.85. The molecule has 1 aromatic heterocycles. The van der Waals surface area contributed by atoms with E-state index >= 15 is 0 Å². The van der Waals surface area contributed by atoms with Gasteiger partial charge in [-0.1, -0.05) is 17.7 Å². The molecular formula is C26H34N4O4. The smallest absolute Gasteiger partial charge is 0.251 e. The molecular weight excluding hydrogens is 432 g/mol. The first-order chi connectivity index (χ1) is 16.4. The van der Waals surface area contributed by atoms with Gasteiger partial charge in [0.25, 0.3) is 5.91 Å². The maximum Gasteiger partial charge on any atom is 0.251 e. The lowest BCUT2D eigenvalue weighted by molar-refractivity contribution is -0.122. The van der Waals surface area contributed by atoms with Crippen LogP contribution in [0.5, 0.6) is 5.88 Å². The third-order valence-electron chi connectivity index (χ3n) is 6.83. The zero-order valence-electron chi connectivity index (χ0n) is 19.9. The quantitative estimate of drug-likeness (QED) is 0.551. The zero-order valence-corrected chi connectivity index (χ0v) is 19.9. The van der Waals surface area contributed by atoms with E-state index in [1.165, 1.54) is 0 Å². The number of nitrogens with zero attached hydrogens (tertiary/aromatic N) is 2. The van der Waals surface area contributed by atoms with Gasteiger partial charge in [-0.3, -0.25) is 14.5 Å². The number of amides is 2. The highest BCUT2D eigenvalue weighted by Crippen LogP contribution is 2.39. The number of carbonyl (C=O) groups is 2. The average molecular weight is 467 g/mol. The van der Waals surface area contributed by atoms with Gasteiger partial charge >= 0.3 is 0 Å². The molecule has 0 radical (unpaired) electrons. The van der Waals surface area contributed by atoms with Gasteiger partial charge in [0.2, 0.25) is 11.8 Å². The van der Waals surface area contributed by atoms with Crippen LogP contribution in [0, 0.1) is 6.92 Å². The van der Waals surface area contributed by atoms with Crippen LogP contribution >= 0.6 is 0 Å². The number of aliphatic hydroxyl groups is 1. The van der Waals surface area contributed by atoms with Crippen molar-refractivity contribution in [3.63, 3.8) is 0 Å². The number of aromatic nitrogens is 1. The first-order valence-electron chi connectivity index (χ1n) is 12.1. The molecule has 2 aromatic rings. The third-order valence-corrected chi connectivity index (χ3v) is 6.83. The highest BCUT2D eigenvalue weighted by molar-refractivity contribution is 5.96. The summed E-state index contributed by atoms with van der Waals surface area (Å²) in [7, 11) is 0. The Hall–Kier alpha value is -2.97. The number of carbonyl (C=O) groups excluding carboxylic acids is 2. The average Bonchev–Trinajstić information content (AvgIpc) is 2.81. The molecule has 34 heavy (non-hydrogen) atoms. The summed E-state index contributed by atoms with van der Waals surface area (Å²) in [5, 5.41) is 16.8. The van der Waals surface area contributed by atoms with Crippen molar-refractivity contribution >= 4 is 11.8 Å². The van der Waals surface area contributed by atoms with Crippen molar-refractivity contribution in [1.82, 2.24) is 20.5 Å². The molecule has 1 aromatic carbocycles. The minimum Gasteiger partial charge on any atom is -0.478 e. The maximum atomic E-state index is 12.2. The lowest BCUT2D eigenvalue weighted by atomic mass is 9.77. The topological polar surface area (TPSA) is 104 Å². The van der Waals surface area contributed by atoms with Gasteiger partial charge in [0.15, 0.2) is 0 Å². The minimum atomic E-state index is -0.845. The first kappa shape index (κ1) is 24.2. The van der Waals surface area contributed by atoms with Gasteiger partial charge in [-0.25, -0.2) is 4.98 Å². The Kier molecular flexibility index (Phi) is 7.48. The van der Waals surface area contributed by atoms with Crippen molar-refractivity contribution in [2.45, 2.75) is 57.2 Å². The molecule has 2 amide bonds. The molecule has 8 heteroatoms. The molecule has 4 rings (SSSR count). The van der Waals surface area contributed by atoms with Gasteiger partial charge in [0.05, 0.1) is 24.8 Å². The molecule has 0 bridgehead atoms. The second-order valence-electron chi connectivity index (χ2n) is 9.35. The van der Waals surface area contributed by atoms with Crippen LogP contribution < -0.4 is 15.4 Å². The predicted octanol–water partition coefficient (Wildman–Crippen LogP) is 2.15. The standard InChI is InChI=1S/C26H34N4O4/c1-3-34-24-8-7-20(14-27-24)26(33)11-9-22(10-12-26)30-16-21(17-30)29-23(31)15-28-25(32)19-6-4-5-18(2)13-19/h4-8,13-14,21-22,33H,3,9-12,15-17H2,1-2H3,(H,28,32)(H,29,31)/t22-,26-. The van der Waals surface area contributed by atoms with Gasteiger partial charge in [-0.2, -0.15) is 0 Å². The minimum absolute atomic E-state index is 0.0319. The second kappa shape index (κ2) is 10.5. The third kappa shape index (κ3) is 5.74. The van der Waals surface area contributed by atoms with Crippen LogP contribution in [0.25, 0.3) is 0 Å². The number of ether oxygens (including phenoxy) is 1. The van der Waals surface area contributed by atoms with Crippen molar-refractivity contribution in [3.05, 3.63) is 59.3 Å². The van der Waals surface area contributed by atoms with E-state index in [-0.39, 0.29) is 24.4 Å². The van der Waals surface area contributed by atoms with E-state index in [9.17, 15) is 14.7 Å². The monoisotopic (exact) mass is 466 g/mol. The molecule has 0 unspecified atom stereocenters. The maximum absolute atomic E-state index is 12.2. The van der Waals surface area contributed by atoms with E-state index in [1.807, 2.05) is 38.1 Å². The van der Waals surface area contributed by atoms with Crippen molar-refractivity contribution in [2.24, 2.45) is 0 Å². The van der Waals surface area contributed by atoms with Crippen LogP contribution in [0.2, 0.25) is 0 Å². The van der Waals surface area contributed by atoms with E-state index in [4.69, 9.17) is 4.74 Å². The van der Waals surface area contributed by atoms with Crippen molar-refractivity contribution in [2.75, 3.05) is 26.2 Å². The van der Waals surface area contributed by atoms with Gasteiger partial charge in [0.1, 0.15) is 0 Å². The molecule has 182 valence electrons. The summed E-state index contributed by atoms with van der Waals surface area (Å²) in [6.07, 6.45) is 4.89. The molecule has 1 saturated carbocycles. The SMILES string of the molecule is CCOc1ccc([C@]2(O)CC[C@H](N3CC(NC(=O)CNC(=O)c4cccc(C)c4)C3)CC2)cn1. The summed E-state index contributed by atoms with van der Waals surface area (Å²) in [5.74, 6) is 0.158. The van der Waals surface area contributed by atoms with Gasteiger partial charge in [0, 0.05) is 42.5 Å². The van der Waals surface area contributed by atoms with Gasteiger partial charge < -0.3 is 20.5 Å². The number of benzene rings is 1. The summed E-state index contributed by atoms with van der Waals surface area (Å²) in [6.45, 7) is 5.97. The highest BCUT2D eigenvalue weighted by atomic mass is 16.5. The molecule has 2 fully saturated rings. The number of hydrogen-bond acceptors (Lipinski definition) is 6. The summed E-state index contributed by atoms with van der Waals surface area (Å²) >= 11 is 0. The molecule has 1 aliphatic carbocycles. The first-order valence-corrected chi connectivity index (χ1v) is 12.1. The molecule has 8 nitrogen and oxygen atoms in total. The molecule has 2 heterocycles. The van der Waals surface area contributed by atoms with Crippen LogP contribution in [-0.4, -0.2) is 65.1 Å².